The Balaban J connectivity index is 1.64. The van der Waals surface area contributed by atoms with Crippen LogP contribution in [0.1, 0.15) is 43.7 Å². The second-order valence-corrected chi connectivity index (χ2v) is 11.7. The average molecular weight is 603 g/mol. The first-order chi connectivity index (χ1) is 20.1. The predicted molar refractivity (Wildman–Crippen MR) is 151 cm³/mol. The van der Waals surface area contributed by atoms with Crippen molar-refractivity contribution in [2.75, 3.05) is 27.3 Å². The topological polar surface area (TPSA) is 243 Å². The molecule has 1 unspecified atom stereocenters. The third-order valence-corrected chi connectivity index (χ3v) is 8.81. The monoisotopic (exact) mass is 602 g/mol. The van der Waals surface area contributed by atoms with Gasteiger partial charge in [-0.25, -0.2) is 0 Å². The van der Waals surface area contributed by atoms with E-state index in [-0.39, 0.29) is 30.6 Å². The van der Waals surface area contributed by atoms with Crippen molar-refractivity contribution < 1.29 is 49.8 Å². The minimum atomic E-state index is -2.80. The van der Waals surface area contributed by atoms with Crippen LogP contribution in [0.4, 0.5) is 0 Å². The Morgan fingerprint density at radius 2 is 1.81 bits per heavy atom. The lowest BCUT2D eigenvalue weighted by atomic mass is 9.54. The van der Waals surface area contributed by atoms with Gasteiger partial charge in [0.05, 0.1) is 23.9 Å². The van der Waals surface area contributed by atoms with E-state index in [1.807, 2.05) is 0 Å². The molecule has 0 bridgehead atoms. The zero-order valence-electron chi connectivity index (χ0n) is 24.1. The van der Waals surface area contributed by atoms with E-state index in [1.165, 1.54) is 44.1 Å². The Labute approximate surface area is 247 Å². The van der Waals surface area contributed by atoms with Crippen LogP contribution in [-0.4, -0.2) is 104 Å². The van der Waals surface area contributed by atoms with Gasteiger partial charge in [-0.3, -0.25) is 29.4 Å². The van der Waals surface area contributed by atoms with Crippen LogP contribution in [0.25, 0.3) is 5.76 Å². The van der Waals surface area contributed by atoms with Crippen molar-refractivity contribution in [3.8, 4) is 5.75 Å². The molecule has 0 saturated heterocycles. The van der Waals surface area contributed by atoms with E-state index < -0.39 is 87.0 Å². The molecule has 0 aromatic heterocycles. The number of hydrogen-bond acceptors (Lipinski definition) is 12. The van der Waals surface area contributed by atoms with Crippen LogP contribution >= 0.6 is 0 Å². The van der Waals surface area contributed by atoms with Gasteiger partial charge in [0.25, 0.3) is 5.91 Å². The lowest BCUT2D eigenvalue weighted by molar-refractivity contribution is -0.159. The fourth-order valence-electron chi connectivity index (χ4n) is 6.54. The number of carbonyl (C=O) groups excluding carboxylic acids is 3. The first kappa shape index (κ1) is 32.1. The van der Waals surface area contributed by atoms with E-state index in [1.54, 1.807) is 0 Å². The van der Waals surface area contributed by atoms with Gasteiger partial charge in [-0.2, -0.15) is 0 Å². The molecule has 6 atom stereocenters. The summed E-state index contributed by atoms with van der Waals surface area (Å²) >= 11 is 0. The highest BCUT2D eigenvalue weighted by atomic mass is 16.4. The summed E-state index contributed by atoms with van der Waals surface area (Å²) in [5.74, 6) is -8.84. The third-order valence-electron chi connectivity index (χ3n) is 8.81. The SMILES string of the molecule is CN(C)[C@@H]1C(=O)C(C(=O)NCNCCCC[C@H](N)C(=O)O)=C(O)C2(O)C(=O)C3=C(O)c4c(O)cccc4[C@@](C)(O)[C@H]3C[C@@H]12. The van der Waals surface area contributed by atoms with Gasteiger partial charge in [0.2, 0.25) is 5.78 Å². The van der Waals surface area contributed by atoms with Crippen LogP contribution in [-0.2, 0) is 24.8 Å². The number of nitrogens with zero attached hydrogens (tertiary/aromatic N) is 1. The molecule has 1 aromatic rings. The summed E-state index contributed by atoms with van der Waals surface area (Å²) in [6.07, 6.45) is 1.10. The average Bonchev–Trinajstić information content (AvgIpc) is 2.92. The Morgan fingerprint density at radius 1 is 1.14 bits per heavy atom. The molecule has 3 aliphatic rings. The van der Waals surface area contributed by atoms with Gasteiger partial charge in [0, 0.05) is 17.4 Å². The number of nitrogens with one attached hydrogen (secondary N) is 2. The fourth-order valence-corrected chi connectivity index (χ4v) is 6.54. The molecular formula is C29H38N4O10. The summed E-state index contributed by atoms with van der Waals surface area (Å²) in [7, 11) is 3.02. The Kier molecular flexibility index (Phi) is 8.73. The van der Waals surface area contributed by atoms with Crippen molar-refractivity contribution in [2.24, 2.45) is 17.6 Å². The number of Topliss-reactive ketones (excluding diaryl/α,β-unsaturated/α-hetero) is 2. The zero-order valence-corrected chi connectivity index (χ0v) is 24.1. The highest BCUT2D eigenvalue weighted by Gasteiger charge is 2.66. The van der Waals surface area contributed by atoms with Gasteiger partial charge >= 0.3 is 5.97 Å². The molecule has 1 aromatic carbocycles. The van der Waals surface area contributed by atoms with Gasteiger partial charge in [-0.1, -0.05) is 18.6 Å². The number of aliphatic hydroxyl groups is 4. The number of carboxylic acid groups (broad SMARTS) is 1. The number of likely N-dealkylation sites (N-methyl/N-ethyl adjacent to an activating group) is 1. The van der Waals surface area contributed by atoms with Crippen LogP contribution in [0.2, 0.25) is 0 Å². The summed E-state index contributed by atoms with van der Waals surface area (Å²) < 4.78 is 0. The van der Waals surface area contributed by atoms with Crippen LogP contribution in [0.5, 0.6) is 5.75 Å². The van der Waals surface area contributed by atoms with Gasteiger partial charge in [0.15, 0.2) is 11.4 Å². The zero-order chi connectivity index (χ0) is 32.0. The van der Waals surface area contributed by atoms with Gasteiger partial charge in [-0.15, -0.1) is 0 Å². The molecule has 0 heterocycles. The normalized spacial score (nSPS) is 29.2. The number of phenols is 1. The number of amides is 1. The maximum atomic E-state index is 14.1. The molecule has 234 valence electrons. The molecule has 43 heavy (non-hydrogen) atoms. The minimum absolute atomic E-state index is 0.150. The molecule has 3 aliphatic carbocycles. The quantitative estimate of drug-likeness (QED) is 0.0923. The Bertz CT molecular complexity index is 1420. The molecule has 14 nitrogen and oxygen atoms in total. The van der Waals surface area contributed by atoms with E-state index in [9.17, 15) is 44.7 Å². The summed E-state index contributed by atoms with van der Waals surface area (Å²) in [6, 6.07) is 1.99. The molecule has 1 amide bonds. The summed E-state index contributed by atoms with van der Waals surface area (Å²) in [5.41, 5.74) is -0.436. The number of ketones is 2. The van der Waals surface area contributed by atoms with Crippen LogP contribution < -0.4 is 16.4 Å². The first-order valence-corrected chi connectivity index (χ1v) is 14.0. The molecule has 4 rings (SSSR count). The number of rotatable bonds is 10. The van der Waals surface area contributed by atoms with Crippen molar-refractivity contribution in [1.82, 2.24) is 15.5 Å². The van der Waals surface area contributed by atoms with Crippen molar-refractivity contribution in [1.29, 1.82) is 0 Å². The van der Waals surface area contributed by atoms with E-state index in [0.29, 0.717) is 19.4 Å². The number of carbonyl (C=O) groups is 4. The number of nitrogens with two attached hydrogens (primary N) is 1. The molecule has 1 saturated carbocycles. The number of phenolic OH excluding ortho intramolecular Hbond substituents is 1. The molecule has 0 aliphatic heterocycles. The molecule has 14 heteroatoms. The maximum absolute atomic E-state index is 14.1. The largest absolute Gasteiger partial charge is 0.508 e. The third kappa shape index (κ3) is 5.18. The summed E-state index contributed by atoms with van der Waals surface area (Å²) in [5, 5.41) is 70.6. The molecule has 1 fully saturated rings. The second kappa shape index (κ2) is 11.7. The standard InChI is InChI=1S/C29H38N4O10/c1-28(42)13-7-6-9-17(34)18(13)22(35)19-14(28)11-15-21(33(2)3)23(36)20(25(38)29(15,43)24(19)37)26(39)32-12-31-10-5-4-8-16(30)27(40)41/h6-7,9,14-16,21,31,34-35,38,42-43H,4-5,8,10-12,30H2,1-3H3,(H,32,39)(H,40,41)/t14-,15-,16-,21-,28+,29?/m0/s1. The number of aliphatic carboxylic acids is 1. The molecule has 0 spiro atoms. The summed E-state index contributed by atoms with van der Waals surface area (Å²) in [6.45, 7) is 1.63. The molecule has 0 radical (unpaired) electrons. The van der Waals surface area contributed by atoms with Crippen molar-refractivity contribution >= 4 is 29.2 Å². The number of unbranched alkanes of at least 4 members (excludes halogenated alkanes) is 1. The predicted octanol–water partition coefficient (Wildman–Crippen LogP) is -0.611. The molecule has 10 N–H and O–H groups in total. The minimum Gasteiger partial charge on any atom is -0.508 e. The Hall–Kier alpha value is -3.82. The lowest BCUT2D eigenvalue weighted by Gasteiger charge is -2.53. The number of aromatic hydroxyl groups is 1. The number of hydrogen-bond donors (Lipinski definition) is 9. The van der Waals surface area contributed by atoms with Crippen LogP contribution in [0.3, 0.4) is 0 Å². The lowest BCUT2D eigenvalue weighted by Crippen LogP contribution is -2.67. The summed E-state index contributed by atoms with van der Waals surface area (Å²) in [4.78, 5) is 53.1. The van der Waals surface area contributed by atoms with Crippen LogP contribution in [0, 0.1) is 11.8 Å². The van der Waals surface area contributed by atoms with Gasteiger partial charge in [0.1, 0.15) is 28.9 Å². The van der Waals surface area contributed by atoms with E-state index in [2.05, 4.69) is 10.6 Å². The molecular weight excluding hydrogens is 564 g/mol. The first-order valence-electron chi connectivity index (χ1n) is 14.0. The second-order valence-electron chi connectivity index (χ2n) is 11.7. The van der Waals surface area contributed by atoms with Gasteiger partial charge in [-0.05, 0) is 58.5 Å². The van der Waals surface area contributed by atoms with E-state index in [4.69, 9.17) is 10.8 Å². The highest BCUT2D eigenvalue weighted by molar-refractivity contribution is 6.25. The maximum Gasteiger partial charge on any atom is 0.320 e. The van der Waals surface area contributed by atoms with Crippen LogP contribution in [0.15, 0.2) is 35.1 Å². The fraction of sp³-hybridized carbons (Fsp3) is 0.517. The smallest absolute Gasteiger partial charge is 0.320 e. The number of fused-ring (bicyclic) bond motifs is 3. The number of aliphatic hydroxyl groups excluding tert-OH is 2. The van der Waals surface area contributed by atoms with Crippen molar-refractivity contribution in [3.05, 3.63) is 46.2 Å². The Morgan fingerprint density at radius 3 is 2.44 bits per heavy atom. The van der Waals surface area contributed by atoms with Crippen molar-refractivity contribution in [2.45, 2.75) is 55.9 Å². The number of carboxylic acids is 1. The van der Waals surface area contributed by atoms with E-state index >= 15 is 0 Å². The number of benzene rings is 1. The van der Waals surface area contributed by atoms with E-state index in [0.717, 1.165) is 0 Å². The highest BCUT2D eigenvalue weighted by Crippen LogP contribution is 2.57. The van der Waals surface area contributed by atoms with Gasteiger partial charge < -0.3 is 41.7 Å². The van der Waals surface area contributed by atoms with Crippen molar-refractivity contribution in [3.63, 3.8) is 0 Å².